The van der Waals surface area contributed by atoms with Gasteiger partial charge in [0.25, 0.3) is 5.91 Å². The number of benzene rings is 1. The van der Waals surface area contributed by atoms with Gasteiger partial charge in [0.15, 0.2) is 0 Å². The molecular weight excluding hydrogens is 276 g/mol. The van der Waals surface area contributed by atoms with Crippen molar-refractivity contribution in [1.82, 2.24) is 4.90 Å². The number of rotatable bonds is 2. The number of carbonyl (C=O) groups is 1. The standard InChI is InChI=1S/C13H14F4N2O/c14-11-2-1-9(5-10(11)13(15,16)17)12(20)19-4-3-8(6-18)7-19/h1-2,5,8H,3-4,6-7,18H2. The summed E-state index contributed by atoms with van der Waals surface area (Å²) >= 11 is 0. The van der Waals surface area contributed by atoms with Crippen molar-refractivity contribution >= 4 is 5.91 Å². The number of carbonyl (C=O) groups excluding carboxylic acids is 1. The zero-order valence-electron chi connectivity index (χ0n) is 10.6. The molecule has 1 atom stereocenters. The van der Waals surface area contributed by atoms with Gasteiger partial charge in [0.2, 0.25) is 0 Å². The van der Waals surface area contributed by atoms with Crippen LogP contribution in [0.2, 0.25) is 0 Å². The first-order valence-corrected chi connectivity index (χ1v) is 6.19. The summed E-state index contributed by atoms with van der Waals surface area (Å²) < 4.78 is 51.0. The number of amides is 1. The van der Waals surface area contributed by atoms with Crippen LogP contribution >= 0.6 is 0 Å². The van der Waals surface area contributed by atoms with Gasteiger partial charge in [-0.2, -0.15) is 13.2 Å². The second-order valence-corrected chi connectivity index (χ2v) is 4.83. The van der Waals surface area contributed by atoms with E-state index in [-0.39, 0.29) is 11.5 Å². The smallest absolute Gasteiger partial charge is 0.338 e. The third kappa shape index (κ3) is 2.92. The van der Waals surface area contributed by atoms with Gasteiger partial charge in [0.05, 0.1) is 5.56 Å². The molecule has 1 aromatic carbocycles. The van der Waals surface area contributed by atoms with E-state index in [1.54, 1.807) is 0 Å². The van der Waals surface area contributed by atoms with E-state index >= 15 is 0 Å². The Morgan fingerprint density at radius 2 is 2.10 bits per heavy atom. The van der Waals surface area contributed by atoms with E-state index in [4.69, 9.17) is 5.73 Å². The lowest BCUT2D eigenvalue weighted by atomic mass is 10.1. The normalized spacial score (nSPS) is 19.4. The monoisotopic (exact) mass is 290 g/mol. The first kappa shape index (κ1) is 14.8. The molecule has 20 heavy (non-hydrogen) atoms. The van der Waals surface area contributed by atoms with Crippen LogP contribution in [0.1, 0.15) is 22.3 Å². The van der Waals surface area contributed by atoms with E-state index in [0.717, 1.165) is 12.5 Å². The molecule has 1 saturated heterocycles. The fraction of sp³-hybridized carbons (Fsp3) is 0.462. The molecule has 1 fully saturated rings. The summed E-state index contributed by atoms with van der Waals surface area (Å²) in [6, 6.07) is 2.31. The number of nitrogens with two attached hydrogens (primary N) is 1. The van der Waals surface area contributed by atoms with Crippen LogP contribution in [0.4, 0.5) is 17.6 Å². The highest BCUT2D eigenvalue weighted by Gasteiger charge is 2.35. The Labute approximate surface area is 113 Å². The van der Waals surface area contributed by atoms with Crippen molar-refractivity contribution in [3.63, 3.8) is 0 Å². The minimum atomic E-state index is -4.81. The molecule has 0 saturated carbocycles. The van der Waals surface area contributed by atoms with Gasteiger partial charge < -0.3 is 10.6 Å². The number of hydrogen-bond donors (Lipinski definition) is 1. The van der Waals surface area contributed by atoms with Crippen LogP contribution in [0, 0.1) is 11.7 Å². The van der Waals surface area contributed by atoms with Gasteiger partial charge in [0, 0.05) is 18.7 Å². The third-order valence-corrected chi connectivity index (χ3v) is 3.43. The summed E-state index contributed by atoms with van der Waals surface area (Å²) in [5.41, 5.74) is 3.92. The molecule has 3 nitrogen and oxygen atoms in total. The average Bonchev–Trinajstić information content (AvgIpc) is 2.86. The molecule has 1 amide bonds. The third-order valence-electron chi connectivity index (χ3n) is 3.43. The number of halogens is 4. The van der Waals surface area contributed by atoms with Crippen molar-refractivity contribution in [2.24, 2.45) is 11.7 Å². The van der Waals surface area contributed by atoms with Crippen molar-refractivity contribution in [1.29, 1.82) is 0 Å². The Balaban J connectivity index is 2.23. The van der Waals surface area contributed by atoms with Crippen LogP contribution in [0.5, 0.6) is 0 Å². The van der Waals surface area contributed by atoms with Gasteiger partial charge in [-0.05, 0) is 37.1 Å². The fourth-order valence-corrected chi connectivity index (χ4v) is 2.27. The zero-order chi connectivity index (χ0) is 14.9. The molecule has 0 spiro atoms. The Bertz CT molecular complexity index is 516. The fourth-order valence-electron chi connectivity index (χ4n) is 2.27. The van der Waals surface area contributed by atoms with Gasteiger partial charge in [-0.25, -0.2) is 4.39 Å². The molecule has 2 rings (SSSR count). The van der Waals surface area contributed by atoms with E-state index in [2.05, 4.69) is 0 Å². The molecule has 0 aliphatic carbocycles. The Morgan fingerprint density at radius 1 is 1.40 bits per heavy atom. The lowest BCUT2D eigenvalue weighted by Gasteiger charge is -2.17. The summed E-state index contributed by atoms with van der Waals surface area (Å²) in [5, 5.41) is 0. The molecule has 110 valence electrons. The molecule has 2 N–H and O–H groups in total. The second kappa shape index (κ2) is 5.40. The van der Waals surface area contributed by atoms with Crippen LogP contribution in [0.15, 0.2) is 18.2 Å². The Morgan fingerprint density at radius 3 is 2.65 bits per heavy atom. The van der Waals surface area contributed by atoms with Crippen LogP contribution in [0.3, 0.4) is 0 Å². The van der Waals surface area contributed by atoms with E-state index in [0.29, 0.717) is 31.8 Å². The van der Waals surface area contributed by atoms with Crippen LogP contribution in [0.25, 0.3) is 0 Å². The van der Waals surface area contributed by atoms with E-state index < -0.39 is 23.5 Å². The van der Waals surface area contributed by atoms with Gasteiger partial charge in [-0.3, -0.25) is 4.79 Å². The average molecular weight is 290 g/mol. The number of nitrogens with zero attached hydrogens (tertiary/aromatic N) is 1. The van der Waals surface area contributed by atoms with Crippen LogP contribution in [-0.4, -0.2) is 30.4 Å². The summed E-state index contributed by atoms with van der Waals surface area (Å²) in [6.45, 7) is 1.31. The highest BCUT2D eigenvalue weighted by molar-refractivity contribution is 5.94. The largest absolute Gasteiger partial charge is 0.419 e. The Kier molecular flexibility index (Phi) is 3.99. The molecule has 0 bridgehead atoms. The molecule has 7 heteroatoms. The minimum Gasteiger partial charge on any atom is -0.338 e. The lowest BCUT2D eigenvalue weighted by molar-refractivity contribution is -0.140. The van der Waals surface area contributed by atoms with Crippen molar-refractivity contribution in [2.45, 2.75) is 12.6 Å². The summed E-state index contributed by atoms with van der Waals surface area (Å²) in [7, 11) is 0. The molecule has 1 aliphatic heterocycles. The topological polar surface area (TPSA) is 46.3 Å². The predicted octanol–water partition coefficient (Wildman–Crippen LogP) is 2.27. The maximum Gasteiger partial charge on any atom is 0.419 e. The van der Waals surface area contributed by atoms with Crippen LogP contribution in [-0.2, 0) is 6.18 Å². The zero-order valence-corrected chi connectivity index (χ0v) is 10.6. The second-order valence-electron chi connectivity index (χ2n) is 4.83. The summed E-state index contributed by atoms with van der Waals surface area (Å²) in [5.74, 6) is -1.73. The number of hydrogen-bond acceptors (Lipinski definition) is 2. The summed E-state index contributed by atoms with van der Waals surface area (Å²) in [6.07, 6.45) is -4.08. The van der Waals surface area contributed by atoms with Crippen LogP contribution < -0.4 is 5.73 Å². The molecule has 1 unspecified atom stereocenters. The van der Waals surface area contributed by atoms with Crippen molar-refractivity contribution in [3.8, 4) is 0 Å². The summed E-state index contributed by atoms with van der Waals surface area (Å²) in [4.78, 5) is 13.5. The first-order chi connectivity index (χ1) is 9.32. The van der Waals surface area contributed by atoms with Crippen molar-refractivity contribution in [3.05, 3.63) is 35.1 Å². The molecule has 0 radical (unpaired) electrons. The van der Waals surface area contributed by atoms with Crippen molar-refractivity contribution < 1.29 is 22.4 Å². The van der Waals surface area contributed by atoms with Gasteiger partial charge >= 0.3 is 6.18 Å². The number of likely N-dealkylation sites (tertiary alicyclic amines) is 1. The van der Waals surface area contributed by atoms with Gasteiger partial charge in [0.1, 0.15) is 5.82 Å². The van der Waals surface area contributed by atoms with Crippen molar-refractivity contribution in [2.75, 3.05) is 19.6 Å². The maximum atomic E-state index is 13.2. The van der Waals surface area contributed by atoms with Gasteiger partial charge in [-0.15, -0.1) is 0 Å². The SMILES string of the molecule is NCC1CCN(C(=O)c2ccc(F)c(C(F)(F)F)c2)C1. The lowest BCUT2D eigenvalue weighted by Crippen LogP contribution is -2.30. The quantitative estimate of drug-likeness (QED) is 0.849. The molecule has 0 aromatic heterocycles. The minimum absolute atomic E-state index is 0.156. The highest BCUT2D eigenvalue weighted by Crippen LogP contribution is 2.32. The van der Waals surface area contributed by atoms with E-state index in [1.165, 1.54) is 4.90 Å². The van der Waals surface area contributed by atoms with E-state index in [9.17, 15) is 22.4 Å². The first-order valence-electron chi connectivity index (χ1n) is 6.19. The number of alkyl halides is 3. The molecule has 1 aromatic rings. The highest BCUT2D eigenvalue weighted by atomic mass is 19.4. The molecule has 1 aliphatic rings. The van der Waals surface area contributed by atoms with E-state index in [1.807, 2.05) is 0 Å². The molecule has 1 heterocycles. The maximum absolute atomic E-state index is 13.2. The molecular formula is C13H14F4N2O. The van der Waals surface area contributed by atoms with Gasteiger partial charge in [-0.1, -0.05) is 0 Å². The predicted molar refractivity (Wildman–Crippen MR) is 64.5 cm³/mol. The Hall–Kier alpha value is -1.63.